The fourth-order valence-corrected chi connectivity index (χ4v) is 3.20. The van der Waals surface area contributed by atoms with Gasteiger partial charge in [0.15, 0.2) is 20.6 Å². The molecule has 2 rings (SSSR count). The third-order valence-corrected chi connectivity index (χ3v) is 4.17. The van der Waals surface area contributed by atoms with Crippen molar-refractivity contribution in [1.82, 2.24) is 9.78 Å². The lowest BCUT2D eigenvalue weighted by molar-refractivity contribution is -0.148. The molecule has 0 bridgehead atoms. The van der Waals surface area contributed by atoms with E-state index in [1.807, 2.05) is 0 Å². The second kappa shape index (κ2) is 5.31. The standard InChI is InChI=1S/C11H18N4O4S/c1-4-19-11(16)7-5-13-10-8(20(3,17)18)9(12-2)14-15(10)6-7/h7,13H,4-6H2,1-3H3,(H,12,14). The maximum Gasteiger partial charge on any atom is 0.312 e. The Labute approximate surface area is 117 Å². The lowest BCUT2D eigenvalue weighted by Crippen LogP contribution is -2.34. The molecule has 1 aliphatic rings. The number of fused-ring (bicyclic) bond motifs is 1. The van der Waals surface area contributed by atoms with Crippen molar-refractivity contribution in [3.63, 3.8) is 0 Å². The van der Waals surface area contributed by atoms with E-state index in [1.54, 1.807) is 14.0 Å². The molecule has 0 radical (unpaired) electrons. The molecule has 2 N–H and O–H groups in total. The lowest BCUT2D eigenvalue weighted by Gasteiger charge is -2.23. The van der Waals surface area contributed by atoms with Gasteiger partial charge in [-0.1, -0.05) is 0 Å². The van der Waals surface area contributed by atoms with Crippen LogP contribution in [0.25, 0.3) is 0 Å². The first-order valence-electron chi connectivity index (χ1n) is 6.27. The normalized spacial score (nSPS) is 18.1. The molecule has 2 heterocycles. The molecule has 0 aromatic carbocycles. The zero-order valence-electron chi connectivity index (χ0n) is 11.6. The van der Waals surface area contributed by atoms with Gasteiger partial charge in [0, 0.05) is 19.8 Å². The molecule has 8 nitrogen and oxygen atoms in total. The van der Waals surface area contributed by atoms with E-state index in [0.29, 0.717) is 25.5 Å². The summed E-state index contributed by atoms with van der Waals surface area (Å²) in [6.07, 6.45) is 1.13. The van der Waals surface area contributed by atoms with Crippen molar-refractivity contribution in [3.8, 4) is 0 Å². The van der Waals surface area contributed by atoms with Gasteiger partial charge >= 0.3 is 5.97 Å². The topological polar surface area (TPSA) is 102 Å². The van der Waals surface area contributed by atoms with Crippen molar-refractivity contribution in [1.29, 1.82) is 0 Å². The van der Waals surface area contributed by atoms with E-state index in [9.17, 15) is 13.2 Å². The van der Waals surface area contributed by atoms with Crippen LogP contribution in [0.5, 0.6) is 0 Å². The molecule has 0 amide bonds. The van der Waals surface area contributed by atoms with Gasteiger partial charge in [-0.05, 0) is 6.92 Å². The van der Waals surface area contributed by atoms with Gasteiger partial charge in [-0.2, -0.15) is 5.10 Å². The number of hydrogen-bond donors (Lipinski definition) is 2. The molecular formula is C11H18N4O4S. The van der Waals surface area contributed by atoms with Gasteiger partial charge in [0.2, 0.25) is 0 Å². The van der Waals surface area contributed by atoms with Crippen LogP contribution in [0, 0.1) is 5.92 Å². The number of sulfone groups is 1. The van der Waals surface area contributed by atoms with Gasteiger partial charge in [-0.3, -0.25) is 4.79 Å². The Kier molecular flexibility index (Phi) is 3.89. The van der Waals surface area contributed by atoms with E-state index in [2.05, 4.69) is 15.7 Å². The number of ether oxygens (including phenoxy) is 1. The predicted octanol–water partition coefficient (Wildman–Crippen LogP) is -0.0669. The van der Waals surface area contributed by atoms with Gasteiger partial charge in [0.1, 0.15) is 5.82 Å². The number of esters is 1. The molecule has 1 aromatic rings. The number of carbonyl (C=O) groups excluding carboxylic acids is 1. The highest BCUT2D eigenvalue weighted by molar-refractivity contribution is 7.91. The SMILES string of the molecule is CCOC(=O)C1CNc2c(S(C)(=O)=O)c(NC)nn2C1. The van der Waals surface area contributed by atoms with Crippen LogP contribution in [0.3, 0.4) is 0 Å². The zero-order chi connectivity index (χ0) is 14.9. The molecule has 112 valence electrons. The van der Waals surface area contributed by atoms with Crippen molar-refractivity contribution in [2.75, 3.05) is 37.1 Å². The second-order valence-electron chi connectivity index (χ2n) is 4.56. The number of nitrogens with one attached hydrogen (secondary N) is 2. The highest BCUT2D eigenvalue weighted by Crippen LogP contribution is 2.32. The molecular weight excluding hydrogens is 284 g/mol. The summed E-state index contributed by atoms with van der Waals surface area (Å²) in [5, 5.41) is 9.91. The number of hydrogen-bond acceptors (Lipinski definition) is 7. The molecule has 1 unspecified atom stereocenters. The maximum atomic E-state index is 11.8. The van der Waals surface area contributed by atoms with Crippen LogP contribution in [0.2, 0.25) is 0 Å². The summed E-state index contributed by atoms with van der Waals surface area (Å²) < 4.78 is 30.1. The van der Waals surface area contributed by atoms with E-state index in [0.717, 1.165) is 6.26 Å². The third-order valence-electron chi connectivity index (χ3n) is 3.05. The van der Waals surface area contributed by atoms with Gasteiger partial charge in [0.25, 0.3) is 0 Å². The van der Waals surface area contributed by atoms with Crippen molar-refractivity contribution in [3.05, 3.63) is 0 Å². The fraction of sp³-hybridized carbons (Fsp3) is 0.636. The van der Waals surface area contributed by atoms with Gasteiger partial charge < -0.3 is 15.4 Å². The Morgan fingerprint density at radius 3 is 2.85 bits per heavy atom. The Hall–Kier alpha value is -1.77. The van der Waals surface area contributed by atoms with Gasteiger partial charge in [0.05, 0.1) is 19.1 Å². The Morgan fingerprint density at radius 1 is 1.60 bits per heavy atom. The van der Waals surface area contributed by atoms with E-state index in [4.69, 9.17) is 4.74 Å². The molecule has 1 aliphatic heterocycles. The van der Waals surface area contributed by atoms with Crippen molar-refractivity contribution >= 4 is 27.4 Å². The molecule has 0 aliphatic carbocycles. The first-order valence-corrected chi connectivity index (χ1v) is 8.16. The van der Waals surface area contributed by atoms with Crippen LogP contribution in [0.1, 0.15) is 6.92 Å². The lowest BCUT2D eigenvalue weighted by atomic mass is 10.1. The Bertz CT molecular complexity index is 623. The molecule has 0 spiro atoms. The maximum absolute atomic E-state index is 11.8. The minimum atomic E-state index is -3.42. The summed E-state index contributed by atoms with van der Waals surface area (Å²) in [4.78, 5) is 11.9. The minimum Gasteiger partial charge on any atom is -0.466 e. The zero-order valence-corrected chi connectivity index (χ0v) is 12.5. The number of carbonyl (C=O) groups is 1. The number of anilines is 2. The van der Waals surface area contributed by atoms with Crippen LogP contribution in [-0.2, 0) is 25.9 Å². The van der Waals surface area contributed by atoms with E-state index in [1.165, 1.54) is 4.68 Å². The summed E-state index contributed by atoms with van der Waals surface area (Å²) in [5.41, 5.74) is 0. The number of aromatic nitrogens is 2. The fourth-order valence-electron chi connectivity index (χ4n) is 2.18. The Morgan fingerprint density at radius 2 is 2.30 bits per heavy atom. The van der Waals surface area contributed by atoms with Crippen LogP contribution >= 0.6 is 0 Å². The summed E-state index contributed by atoms with van der Waals surface area (Å²) in [6, 6.07) is 0. The minimum absolute atomic E-state index is 0.127. The number of nitrogens with zero attached hydrogens (tertiary/aromatic N) is 2. The average molecular weight is 302 g/mol. The largest absolute Gasteiger partial charge is 0.466 e. The highest BCUT2D eigenvalue weighted by atomic mass is 32.2. The molecule has 1 atom stereocenters. The van der Waals surface area contributed by atoms with Crippen molar-refractivity contribution in [2.45, 2.75) is 18.4 Å². The number of rotatable bonds is 4. The summed E-state index contributed by atoms with van der Waals surface area (Å²) in [5.74, 6) is 0.00411. The van der Waals surface area contributed by atoms with Crippen LogP contribution in [0.4, 0.5) is 11.6 Å². The van der Waals surface area contributed by atoms with Crippen LogP contribution in [-0.4, -0.2) is 50.6 Å². The molecule has 1 aromatic heterocycles. The van der Waals surface area contributed by atoms with Gasteiger partial charge in [-0.15, -0.1) is 0 Å². The van der Waals surface area contributed by atoms with Crippen molar-refractivity contribution < 1.29 is 17.9 Å². The summed E-state index contributed by atoms with van der Waals surface area (Å²) >= 11 is 0. The molecule has 9 heteroatoms. The summed E-state index contributed by atoms with van der Waals surface area (Å²) in [7, 11) is -1.81. The van der Waals surface area contributed by atoms with Crippen LogP contribution in [0.15, 0.2) is 4.90 Å². The molecule has 0 saturated carbocycles. The second-order valence-corrected chi connectivity index (χ2v) is 6.51. The predicted molar refractivity (Wildman–Crippen MR) is 73.5 cm³/mol. The van der Waals surface area contributed by atoms with E-state index >= 15 is 0 Å². The first kappa shape index (κ1) is 14.6. The molecule has 0 saturated heterocycles. The third kappa shape index (κ3) is 2.58. The van der Waals surface area contributed by atoms with E-state index < -0.39 is 9.84 Å². The van der Waals surface area contributed by atoms with E-state index in [-0.39, 0.29) is 22.6 Å². The summed E-state index contributed by atoms with van der Waals surface area (Å²) in [6.45, 7) is 2.69. The van der Waals surface area contributed by atoms with Crippen molar-refractivity contribution in [2.24, 2.45) is 5.92 Å². The van der Waals surface area contributed by atoms with Gasteiger partial charge in [-0.25, -0.2) is 13.1 Å². The monoisotopic (exact) mass is 302 g/mol. The smallest absolute Gasteiger partial charge is 0.312 e. The molecule has 20 heavy (non-hydrogen) atoms. The highest BCUT2D eigenvalue weighted by Gasteiger charge is 2.32. The van der Waals surface area contributed by atoms with Crippen LogP contribution < -0.4 is 10.6 Å². The average Bonchev–Trinajstić information content (AvgIpc) is 2.76. The quantitative estimate of drug-likeness (QED) is 0.751. The molecule has 0 fully saturated rings. The Balaban J connectivity index is 2.36. The first-order chi connectivity index (χ1) is 9.38.